The van der Waals surface area contributed by atoms with Crippen LogP contribution >= 0.6 is 0 Å². The average Bonchev–Trinajstić information content (AvgIpc) is 3.07. The van der Waals surface area contributed by atoms with Gasteiger partial charge in [-0.25, -0.2) is 0 Å². The molecule has 1 saturated heterocycles. The van der Waals surface area contributed by atoms with E-state index in [0.29, 0.717) is 17.7 Å². The van der Waals surface area contributed by atoms with E-state index in [1.165, 1.54) is 25.7 Å². The van der Waals surface area contributed by atoms with Gasteiger partial charge >= 0.3 is 0 Å². The molecule has 0 bridgehead atoms. The summed E-state index contributed by atoms with van der Waals surface area (Å²) >= 11 is 0. The second kappa shape index (κ2) is 6.25. The molecule has 0 radical (unpaired) electrons. The first kappa shape index (κ1) is 14.8. The van der Waals surface area contributed by atoms with Crippen LogP contribution in [0.1, 0.15) is 59.8 Å². The molecule has 1 aliphatic carbocycles. The number of rotatable bonds is 7. The molecule has 0 aromatic heterocycles. The van der Waals surface area contributed by atoms with E-state index in [-0.39, 0.29) is 12.2 Å². The molecule has 2 aliphatic rings. The van der Waals surface area contributed by atoms with E-state index < -0.39 is 0 Å². The summed E-state index contributed by atoms with van der Waals surface area (Å²) in [5, 5.41) is 3.55. The first-order chi connectivity index (χ1) is 8.99. The van der Waals surface area contributed by atoms with E-state index in [2.05, 4.69) is 37.9 Å². The minimum Gasteiger partial charge on any atom is -0.326 e. The Morgan fingerprint density at radius 2 is 1.95 bits per heavy atom. The van der Waals surface area contributed by atoms with E-state index in [0.717, 1.165) is 18.9 Å². The molecule has 2 rings (SSSR count). The van der Waals surface area contributed by atoms with Gasteiger partial charge in [-0.3, -0.25) is 10.1 Å². The fourth-order valence-electron chi connectivity index (χ4n) is 3.04. The number of carbonyl (C=O) groups excluding carboxylic acids is 1. The minimum atomic E-state index is 0.0321. The Kier molecular flexibility index (Phi) is 4.88. The number of hydrogen-bond donors (Lipinski definition) is 1. The SMILES string of the molecule is CC(C)CC1NC(C(C)C)C(=O)N1CCCC1CC1. The zero-order valence-corrected chi connectivity index (χ0v) is 13.0. The fourth-order valence-corrected chi connectivity index (χ4v) is 3.04. The van der Waals surface area contributed by atoms with Gasteiger partial charge in [0, 0.05) is 6.54 Å². The largest absolute Gasteiger partial charge is 0.326 e. The van der Waals surface area contributed by atoms with Gasteiger partial charge in [-0.05, 0) is 37.0 Å². The Morgan fingerprint density at radius 3 is 2.47 bits per heavy atom. The highest BCUT2D eigenvalue weighted by Gasteiger charge is 2.40. The summed E-state index contributed by atoms with van der Waals surface area (Å²) in [4.78, 5) is 14.6. The Balaban J connectivity index is 1.91. The van der Waals surface area contributed by atoms with Crippen LogP contribution in [-0.2, 0) is 4.79 Å². The first-order valence-electron chi connectivity index (χ1n) is 8.05. The summed E-state index contributed by atoms with van der Waals surface area (Å²) < 4.78 is 0. The van der Waals surface area contributed by atoms with Gasteiger partial charge in [-0.15, -0.1) is 0 Å². The topological polar surface area (TPSA) is 32.3 Å². The fraction of sp³-hybridized carbons (Fsp3) is 0.938. The summed E-state index contributed by atoms with van der Waals surface area (Å²) in [6.45, 7) is 9.68. The summed E-state index contributed by atoms with van der Waals surface area (Å²) in [5.41, 5.74) is 0. The number of amides is 1. The molecule has 3 nitrogen and oxygen atoms in total. The zero-order valence-electron chi connectivity index (χ0n) is 13.0. The molecule has 19 heavy (non-hydrogen) atoms. The van der Waals surface area contributed by atoms with Gasteiger partial charge in [0.05, 0.1) is 12.2 Å². The third-order valence-electron chi connectivity index (χ3n) is 4.37. The smallest absolute Gasteiger partial charge is 0.241 e. The Morgan fingerprint density at radius 1 is 1.26 bits per heavy atom. The molecule has 1 aliphatic heterocycles. The lowest BCUT2D eigenvalue weighted by molar-refractivity contribution is -0.131. The van der Waals surface area contributed by atoms with Gasteiger partial charge in [0.2, 0.25) is 5.91 Å². The van der Waals surface area contributed by atoms with Crippen LogP contribution in [0.25, 0.3) is 0 Å². The van der Waals surface area contributed by atoms with Crippen molar-refractivity contribution in [3.63, 3.8) is 0 Å². The number of hydrogen-bond acceptors (Lipinski definition) is 2. The average molecular weight is 266 g/mol. The third-order valence-corrected chi connectivity index (χ3v) is 4.37. The van der Waals surface area contributed by atoms with E-state index in [1.807, 2.05) is 0 Å². The Labute approximate surface area is 118 Å². The van der Waals surface area contributed by atoms with E-state index in [4.69, 9.17) is 0 Å². The lowest BCUT2D eigenvalue weighted by atomic mass is 10.0. The first-order valence-corrected chi connectivity index (χ1v) is 8.05. The molecule has 1 saturated carbocycles. The van der Waals surface area contributed by atoms with Crippen LogP contribution in [0.4, 0.5) is 0 Å². The molecule has 0 aromatic carbocycles. The van der Waals surface area contributed by atoms with Crippen molar-refractivity contribution < 1.29 is 4.79 Å². The van der Waals surface area contributed by atoms with Crippen molar-refractivity contribution in [3.8, 4) is 0 Å². The predicted octanol–water partition coefficient (Wildman–Crippen LogP) is 3.01. The molecule has 0 aromatic rings. The molecule has 0 spiro atoms. The summed E-state index contributed by atoms with van der Waals surface area (Å²) in [6.07, 6.45) is 6.64. The Bertz CT molecular complexity index is 310. The van der Waals surface area contributed by atoms with Gasteiger partial charge < -0.3 is 4.90 Å². The maximum atomic E-state index is 12.5. The second-order valence-electron chi connectivity index (χ2n) is 7.15. The van der Waals surface area contributed by atoms with Gasteiger partial charge in [0.25, 0.3) is 0 Å². The molecular weight excluding hydrogens is 236 g/mol. The van der Waals surface area contributed by atoms with Crippen molar-refractivity contribution in [2.45, 2.75) is 72.0 Å². The second-order valence-corrected chi connectivity index (χ2v) is 7.15. The van der Waals surface area contributed by atoms with Crippen molar-refractivity contribution >= 4 is 5.91 Å². The molecule has 1 amide bonds. The van der Waals surface area contributed by atoms with Gasteiger partial charge in [-0.1, -0.05) is 40.5 Å². The highest BCUT2D eigenvalue weighted by molar-refractivity contribution is 5.84. The summed E-state index contributed by atoms with van der Waals surface area (Å²) in [5.74, 6) is 2.31. The normalized spacial score (nSPS) is 27.9. The van der Waals surface area contributed by atoms with Crippen LogP contribution in [0.2, 0.25) is 0 Å². The van der Waals surface area contributed by atoms with Crippen molar-refractivity contribution in [1.29, 1.82) is 0 Å². The lowest BCUT2D eigenvalue weighted by Crippen LogP contribution is -2.39. The highest BCUT2D eigenvalue weighted by atomic mass is 16.2. The van der Waals surface area contributed by atoms with Crippen LogP contribution in [-0.4, -0.2) is 29.6 Å². The van der Waals surface area contributed by atoms with E-state index in [9.17, 15) is 4.79 Å². The number of nitrogens with zero attached hydrogens (tertiary/aromatic N) is 1. The van der Waals surface area contributed by atoms with E-state index >= 15 is 0 Å². The van der Waals surface area contributed by atoms with Crippen molar-refractivity contribution in [3.05, 3.63) is 0 Å². The molecule has 1 heterocycles. The molecule has 3 heteroatoms. The maximum absolute atomic E-state index is 12.5. The molecule has 1 N–H and O–H groups in total. The molecule has 2 unspecified atom stereocenters. The number of carbonyl (C=O) groups is 1. The van der Waals surface area contributed by atoms with Crippen LogP contribution in [0, 0.1) is 17.8 Å². The standard InChI is InChI=1S/C16H30N2O/c1-11(2)10-14-17-15(12(3)4)16(19)18(14)9-5-6-13-7-8-13/h11-15,17H,5-10H2,1-4H3. The van der Waals surface area contributed by atoms with Gasteiger partial charge in [0.15, 0.2) is 0 Å². The van der Waals surface area contributed by atoms with Crippen LogP contribution < -0.4 is 5.32 Å². The van der Waals surface area contributed by atoms with Crippen LogP contribution in [0.5, 0.6) is 0 Å². The molecule has 110 valence electrons. The van der Waals surface area contributed by atoms with Crippen molar-refractivity contribution in [2.75, 3.05) is 6.54 Å². The predicted molar refractivity (Wildman–Crippen MR) is 78.7 cm³/mol. The highest BCUT2D eigenvalue weighted by Crippen LogP contribution is 2.33. The van der Waals surface area contributed by atoms with Crippen molar-refractivity contribution in [2.24, 2.45) is 17.8 Å². The minimum absolute atomic E-state index is 0.0321. The summed E-state index contributed by atoms with van der Waals surface area (Å²) in [6, 6.07) is 0.0321. The molecular formula is C16H30N2O. The van der Waals surface area contributed by atoms with Gasteiger partial charge in [-0.2, -0.15) is 0 Å². The van der Waals surface area contributed by atoms with Crippen LogP contribution in [0.3, 0.4) is 0 Å². The molecule has 2 atom stereocenters. The van der Waals surface area contributed by atoms with E-state index in [1.54, 1.807) is 0 Å². The van der Waals surface area contributed by atoms with Crippen LogP contribution in [0.15, 0.2) is 0 Å². The quantitative estimate of drug-likeness (QED) is 0.768. The van der Waals surface area contributed by atoms with Crippen molar-refractivity contribution in [1.82, 2.24) is 10.2 Å². The lowest BCUT2D eigenvalue weighted by Gasteiger charge is -2.25. The monoisotopic (exact) mass is 266 g/mol. The Hall–Kier alpha value is -0.570. The summed E-state index contributed by atoms with van der Waals surface area (Å²) in [7, 11) is 0. The maximum Gasteiger partial charge on any atom is 0.241 e. The number of nitrogens with one attached hydrogen (secondary N) is 1. The molecule has 2 fully saturated rings. The third kappa shape index (κ3) is 3.95. The zero-order chi connectivity index (χ0) is 14.0. The van der Waals surface area contributed by atoms with Gasteiger partial charge in [0.1, 0.15) is 0 Å².